The molecular weight excluding hydrogens is 236 g/mol. The molecule has 0 aliphatic carbocycles. The molecule has 5 nitrogen and oxygen atoms in total. The molecule has 2 N–H and O–H groups in total. The Hall–Kier alpha value is -0.200. The van der Waals surface area contributed by atoms with Crippen molar-refractivity contribution < 1.29 is 24.4 Å². The zero-order valence-electron chi connectivity index (χ0n) is 11.8. The maximum atomic E-state index is 10.1. The molecular formula is C13H26O5. The van der Waals surface area contributed by atoms with Crippen LogP contribution in [0.3, 0.4) is 0 Å². The Morgan fingerprint density at radius 3 is 2.56 bits per heavy atom. The third kappa shape index (κ3) is 3.42. The number of hydrogen-bond donors (Lipinski definition) is 2. The second-order valence-corrected chi connectivity index (χ2v) is 5.24. The molecule has 5 atom stereocenters. The van der Waals surface area contributed by atoms with Gasteiger partial charge in [0, 0.05) is 19.6 Å². The number of hydrogen-bond acceptors (Lipinski definition) is 5. The van der Waals surface area contributed by atoms with E-state index in [-0.39, 0.29) is 12.5 Å². The Bertz CT molecular complexity index is 246. The van der Waals surface area contributed by atoms with E-state index in [0.717, 1.165) is 12.8 Å². The van der Waals surface area contributed by atoms with E-state index < -0.39 is 24.1 Å². The molecule has 5 heteroatoms. The monoisotopic (exact) mass is 262 g/mol. The fourth-order valence-electron chi connectivity index (χ4n) is 2.16. The molecule has 0 bridgehead atoms. The van der Waals surface area contributed by atoms with E-state index in [1.807, 2.05) is 0 Å². The van der Waals surface area contributed by atoms with E-state index in [0.29, 0.717) is 6.61 Å². The lowest BCUT2D eigenvalue weighted by atomic mass is 9.85. The minimum absolute atomic E-state index is 0.248. The van der Waals surface area contributed by atoms with Gasteiger partial charge in [-0.2, -0.15) is 0 Å². The molecule has 1 fully saturated rings. The average molecular weight is 262 g/mol. The summed E-state index contributed by atoms with van der Waals surface area (Å²) in [5, 5.41) is 20.1. The van der Waals surface area contributed by atoms with Crippen molar-refractivity contribution in [2.24, 2.45) is 5.92 Å². The molecule has 1 saturated heterocycles. The predicted molar refractivity (Wildman–Crippen MR) is 67.2 cm³/mol. The van der Waals surface area contributed by atoms with Crippen LogP contribution in [0.15, 0.2) is 0 Å². The second-order valence-electron chi connectivity index (χ2n) is 5.24. The van der Waals surface area contributed by atoms with E-state index in [1.54, 1.807) is 13.8 Å². The first-order valence-corrected chi connectivity index (χ1v) is 6.60. The topological polar surface area (TPSA) is 68.2 Å². The zero-order chi connectivity index (χ0) is 13.8. The van der Waals surface area contributed by atoms with Gasteiger partial charge >= 0.3 is 0 Å². The van der Waals surface area contributed by atoms with Crippen molar-refractivity contribution in [1.82, 2.24) is 0 Å². The third-order valence-corrected chi connectivity index (χ3v) is 3.57. The highest BCUT2D eigenvalue weighted by Gasteiger charge is 2.49. The summed E-state index contributed by atoms with van der Waals surface area (Å²) in [7, 11) is 1.53. The van der Waals surface area contributed by atoms with Gasteiger partial charge in [-0.05, 0) is 13.3 Å². The van der Waals surface area contributed by atoms with E-state index in [1.165, 1.54) is 7.11 Å². The van der Waals surface area contributed by atoms with E-state index in [9.17, 15) is 10.2 Å². The molecule has 1 heterocycles. The lowest BCUT2D eigenvalue weighted by Crippen LogP contribution is -2.62. The molecule has 0 saturated carbocycles. The number of aliphatic hydroxyl groups is 2. The molecule has 0 amide bonds. The van der Waals surface area contributed by atoms with Crippen molar-refractivity contribution >= 4 is 0 Å². The van der Waals surface area contributed by atoms with Crippen LogP contribution in [0.2, 0.25) is 0 Å². The predicted octanol–water partition coefficient (Wildman–Crippen LogP) is 0.922. The quantitative estimate of drug-likeness (QED) is 0.697. The van der Waals surface area contributed by atoms with Gasteiger partial charge in [-0.3, -0.25) is 0 Å². The lowest BCUT2D eigenvalue weighted by Gasteiger charge is -2.47. The van der Waals surface area contributed by atoms with Gasteiger partial charge in [-0.15, -0.1) is 0 Å². The van der Waals surface area contributed by atoms with Crippen LogP contribution in [0, 0.1) is 5.92 Å². The summed E-state index contributed by atoms with van der Waals surface area (Å²) in [6.45, 7) is 6.50. The molecule has 1 aliphatic rings. The molecule has 0 aromatic rings. The van der Waals surface area contributed by atoms with Crippen LogP contribution in [0.5, 0.6) is 0 Å². The van der Waals surface area contributed by atoms with Crippen LogP contribution < -0.4 is 0 Å². The summed E-state index contributed by atoms with van der Waals surface area (Å²) >= 11 is 0. The van der Waals surface area contributed by atoms with Crippen LogP contribution in [0.4, 0.5) is 0 Å². The van der Waals surface area contributed by atoms with Crippen LogP contribution >= 0.6 is 0 Å². The number of rotatable bonds is 6. The molecule has 0 aromatic heterocycles. The fourth-order valence-corrected chi connectivity index (χ4v) is 2.16. The van der Waals surface area contributed by atoms with Crippen molar-refractivity contribution in [3.05, 3.63) is 0 Å². The van der Waals surface area contributed by atoms with Gasteiger partial charge in [0.1, 0.15) is 11.7 Å². The summed E-state index contributed by atoms with van der Waals surface area (Å²) in [5.74, 6) is -0.270. The summed E-state index contributed by atoms with van der Waals surface area (Å²) in [5.41, 5.74) is -0.930. The summed E-state index contributed by atoms with van der Waals surface area (Å²) in [4.78, 5) is 0. The Morgan fingerprint density at radius 1 is 1.33 bits per heavy atom. The minimum atomic E-state index is -0.972. The number of aliphatic hydroxyl groups excluding tert-OH is 2. The average Bonchev–Trinajstić information content (AvgIpc) is 2.37. The smallest absolute Gasteiger partial charge is 0.163 e. The molecule has 18 heavy (non-hydrogen) atoms. The fraction of sp³-hybridized carbons (Fsp3) is 1.00. The summed E-state index contributed by atoms with van der Waals surface area (Å²) in [6.07, 6.45) is -0.341. The Balaban J connectivity index is 2.60. The van der Waals surface area contributed by atoms with Crippen molar-refractivity contribution in [1.29, 1.82) is 0 Å². The van der Waals surface area contributed by atoms with Gasteiger partial charge in [0.2, 0.25) is 0 Å². The summed E-state index contributed by atoms with van der Waals surface area (Å²) in [6, 6.07) is 0. The minimum Gasteiger partial charge on any atom is -0.390 e. The largest absolute Gasteiger partial charge is 0.390 e. The van der Waals surface area contributed by atoms with Crippen LogP contribution in [0.25, 0.3) is 0 Å². The number of unbranched alkanes of at least 4 members (excludes halogenated alkanes) is 1. The SMILES string of the molecule is CCCCOC[C@@]1(C)O[C@H](OC)[C@H](C)[C@@H](O)[C@H]1O. The van der Waals surface area contributed by atoms with Crippen molar-refractivity contribution in [2.75, 3.05) is 20.3 Å². The first kappa shape index (κ1) is 15.9. The molecule has 1 rings (SSSR count). The van der Waals surface area contributed by atoms with Gasteiger partial charge in [-0.1, -0.05) is 20.3 Å². The second kappa shape index (κ2) is 6.82. The third-order valence-electron chi connectivity index (χ3n) is 3.57. The Morgan fingerprint density at radius 2 is 2.00 bits per heavy atom. The van der Waals surface area contributed by atoms with Crippen LogP contribution in [-0.2, 0) is 14.2 Å². The molecule has 1 aliphatic heterocycles. The molecule has 0 unspecified atom stereocenters. The maximum absolute atomic E-state index is 10.1. The Labute approximate surface area is 109 Å². The molecule has 108 valence electrons. The standard InChI is InChI=1S/C13H26O5/c1-5-6-7-17-8-13(3)11(15)10(14)9(2)12(16-4)18-13/h9-12,14-15H,5-8H2,1-4H3/t9-,10-,11-,12+,13-/m1/s1. The Kier molecular flexibility index (Phi) is 6.01. The zero-order valence-corrected chi connectivity index (χ0v) is 11.8. The van der Waals surface area contributed by atoms with E-state index in [2.05, 4.69) is 6.92 Å². The lowest BCUT2D eigenvalue weighted by molar-refractivity contribution is -0.315. The van der Waals surface area contributed by atoms with Gasteiger partial charge in [0.25, 0.3) is 0 Å². The highest BCUT2D eigenvalue weighted by molar-refractivity contribution is 4.96. The first-order chi connectivity index (χ1) is 8.46. The molecule has 0 spiro atoms. The van der Waals surface area contributed by atoms with Crippen LogP contribution in [0.1, 0.15) is 33.6 Å². The van der Waals surface area contributed by atoms with Gasteiger partial charge in [0.15, 0.2) is 6.29 Å². The normalized spacial score (nSPS) is 41.0. The van der Waals surface area contributed by atoms with Gasteiger partial charge in [-0.25, -0.2) is 0 Å². The van der Waals surface area contributed by atoms with Crippen molar-refractivity contribution in [2.45, 2.75) is 57.7 Å². The van der Waals surface area contributed by atoms with Crippen molar-refractivity contribution in [3.8, 4) is 0 Å². The van der Waals surface area contributed by atoms with Crippen molar-refractivity contribution in [3.63, 3.8) is 0 Å². The van der Waals surface area contributed by atoms with Gasteiger partial charge in [0.05, 0.1) is 12.7 Å². The van der Waals surface area contributed by atoms with E-state index in [4.69, 9.17) is 14.2 Å². The highest BCUT2D eigenvalue weighted by Crippen LogP contribution is 2.33. The first-order valence-electron chi connectivity index (χ1n) is 6.60. The van der Waals surface area contributed by atoms with Crippen LogP contribution in [-0.4, -0.2) is 54.6 Å². The number of methoxy groups -OCH3 is 1. The van der Waals surface area contributed by atoms with E-state index >= 15 is 0 Å². The van der Waals surface area contributed by atoms with Gasteiger partial charge < -0.3 is 24.4 Å². The molecule has 0 aromatic carbocycles. The number of ether oxygens (including phenoxy) is 3. The molecule has 0 radical (unpaired) electrons. The maximum Gasteiger partial charge on any atom is 0.163 e. The summed E-state index contributed by atoms with van der Waals surface area (Å²) < 4.78 is 16.4. The highest BCUT2D eigenvalue weighted by atomic mass is 16.7.